The zero-order valence-corrected chi connectivity index (χ0v) is 18.7. The van der Waals surface area contributed by atoms with E-state index in [2.05, 4.69) is 9.80 Å². The lowest BCUT2D eigenvalue weighted by Crippen LogP contribution is -2.49. The number of hydrogen-bond acceptors (Lipinski definition) is 7. The summed E-state index contributed by atoms with van der Waals surface area (Å²) in [6, 6.07) is 7.99. The third-order valence-corrected chi connectivity index (χ3v) is 6.60. The number of ether oxygens (including phenoxy) is 1. The summed E-state index contributed by atoms with van der Waals surface area (Å²) in [5, 5.41) is 12.9. The molecule has 10 heteroatoms. The molecule has 32 heavy (non-hydrogen) atoms. The highest BCUT2D eigenvalue weighted by Gasteiger charge is 2.19. The van der Waals surface area contributed by atoms with Gasteiger partial charge in [-0.25, -0.2) is 4.79 Å². The second kappa shape index (κ2) is 9.58. The number of rotatable bonds is 8. The largest absolute Gasteiger partial charge is 0.497 e. The van der Waals surface area contributed by atoms with Crippen LogP contribution in [0.4, 0.5) is 5.69 Å². The number of aromatic nitrogens is 2. The van der Waals surface area contributed by atoms with E-state index in [0.717, 1.165) is 37.6 Å². The lowest BCUT2D eigenvalue weighted by molar-refractivity contribution is -0.137. The van der Waals surface area contributed by atoms with Crippen LogP contribution in [0.15, 0.2) is 44.6 Å². The van der Waals surface area contributed by atoms with Crippen LogP contribution in [0.2, 0.25) is 0 Å². The molecule has 0 radical (unpaired) electrons. The van der Waals surface area contributed by atoms with Gasteiger partial charge in [0.2, 0.25) is 0 Å². The molecule has 1 N–H and O–H groups in total. The van der Waals surface area contributed by atoms with E-state index < -0.39 is 11.7 Å². The molecule has 1 aromatic carbocycles. The van der Waals surface area contributed by atoms with Crippen LogP contribution in [0, 0.1) is 0 Å². The number of thiophene rings is 1. The van der Waals surface area contributed by atoms with Gasteiger partial charge in [0, 0.05) is 62.3 Å². The maximum absolute atomic E-state index is 13.0. The molecule has 0 unspecified atom stereocenters. The van der Waals surface area contributed by atoms with Gasteiger partial charge >= 0.3 is 11.7 Å². The van der Waals surface area contributed by atoms with Gasteiger partial charge in [-0.05, 0) is 24.3 Å². The van der Waals surface area contributed by atoms with Crippen LogP contribution in [0.25, 0.3) is 10.9 Å². The van der Waals surface area contributed by atoms with Crippen LogP contribution in [-0.4, -0.2) is 64.9 Å². The molecule has 0 bridgehead atoms. The number of fused-ring (bicyclic) bond motifs is 1. The van der Waals surface area contributed by atoms with Crippen molar-refractivity contribution in [3.8, 4) is 5.75 Å². The molecule has 0 aliphatic carbocycles. The molecule has 0 atom stereocenters. The Morgan fingerprint density at radius 2 is 1.72 bits per heavy atom. The van der Waals surface area contributed by atoms with Gasteiger partial charge in [-0.15, -0.1) is 11.3 Å². The summed E-state index contributed by atoms with van der Waals surface area (Å²) in [6.45, 7) is 4.27. The number of aliphatic carboxylic acids is 1. The number of carbonyl (C=O) groups is 1. The van der Waals surface area contributed by atoms with E-state index in [1.807, 2.05) is 24.3 Å². The molecule has 3 aromatic rings. The number of nitrogens with zero attached hydrogens (tertiary/aromatic N) is 4. The van der Waals surface area contributed by atoms with Gasteiger partial charge in [-0.1, -0.05) is 0 Å². The Labute approximate surface area is 188 Å². The Kier molecular flexibility index (Phi) is 6.61. The molecule has 1 aliphatic heterocycles. The first-order chi connectivity index (χ1) is 15.5. The van der Waals surface area contributed by atoms with Crippen molar-refractivity contribution in [2.24, 2.45) is 0 Å². The van der Waals surface area contributed by atoms with E-state index in [1.165, 1.54) is 20.5 Å². The van der Waals surface area contributed by atoms with E-state index in [1.54, 1.807) is 17.9 Å². The maximum Gasteiger partial charge on any atom is 0.331 e. The zero-order chi connectivity index (χ0) is 22.7. The van der Waals surface area contributed by atoms with Gasteiger partial charge < -0.3 is 14.7 Å². The van der Waals surface area contributed by atoms with Crippen molar-refractivity contribution in [1.82, 2.24) is 14.0 Å². The molecular formula is C22H26N4O5S. The topological polar surface area (TPSA) is 97.0 Å². The number of aryl methyl sites for hydroxylation is 1. The molecule has 170 valence electrons. The molecule has 4 rings (SSSR count). The molecular weight excluding hydrogens is 432 g/mol. The summed E-state index contributed by atoms with van der Waals surface area (Å²) >= 11 is 1.34. The Bertz CT molecular complexity index is 1210. The number of carboxylic acid groups (broad SMARTS) is 1. The number of anilines is 1. The molecule has 2 aromatic heterocycles. The van der Waals surface area contributed by atoms with Crippen LogP contribution in [0.3, 0.4) is 0 Å². The molecule has 0 saturated carbocycles. The molecule has 0 amide bonds. The summed E-state index contributed by atoms with van der Waals surface area (Å²) in [4.78, 5) is 41.4. The predicted octanol–water partition coefficient (Wildman–Crippen LogP) is 1.53. The normalized spacial score (nSPS) is 14.7. The number of methoxy groups -OCH3 is 1. The van der Waals surface area contributed by atoms with Crippen LogP contribution in [0.1, 0.15) is 6.42 Å². The van der Waals surface area contributed by atoms with Gasteiger partial charge in [-0.3, -0.25) is 23.6 Å². The summed E-state index contributed by atoms with van der Waals surface area (Å²) in [5.74, 6) is -0.151. The standard InChI is InChI=1S/C22H26N4O5S/c1-31-17-4-2-16(3-5-17)24-11-8-23(9-12-24)10-13-26-21(29)18-14-32-15-19(18)25(22(26)30)7-6-20(27)28/h2-5,14-15H,6-13H2,1H3,(H,27,28). The fourth-order valence-electron chi connectivity index (χ4n) is 4.03. The van der Waals surface area contributed by atoms with Crippen molar-refractivity contribution in [1.29, 1.82) is 0 Å². The van der Waals surface area contributed by atoms with Crippen molar-refractivity contribution >= 4 is 33.9 Å². The van der Waals surface area contributed by atoms with Crippen LogP contribution in [0.5, 0.6) is 5.75 Å². The summed E-state index contributed by atoms with van der Waals surface area (Å²) < 4.78 is 7.86. The van der Waals surface area contributed by atoms with Gasteiger partial charge in [0.1, 0.15) is 5.75 Å². The van der Waals surface area contributed by atoms with E-state index >= 15 is 0 Å². The van der Waals surface area contributed by atoms with Gasteiger partial charge in [0.15, 0.2) is 0 Å². The van der Waals surface area contributed by atoms with Crippen molar-refractivity contribution < 1.29 is 14.6 Å². The highest BCUT2D eigenvalue weighted by molar-refractivity contribution is 7.09. The summed E-state index contributed by atoms with van der Waals surface area (Å²) in [7, 11) is 1.65. The molecule has 1 saturated heterocycles. The van der Waals surface area contributed by atoms with E-state index in [0.29, 0.717) is 17.4 Å². The number of piperazine rings is 1. The van der Waals surface area contributed by atoms with Crippen molar-refractivity contribution in [3.05, 3.63) is 55.9 Å². The monoisotopic (exact) mass is 458 g/mol. The number of benzene rings is 1. The first-order valence-corrected chi connectivity index (χ1v) is 11.4. The van der Waals surface area contributed by atoms with Crippen LogP contribution in [-0.2, 0) is 17.9 Å². The fourth-order valence-corrected chi connectivity index (χ4v) is 4.83. The van der Waals surface area contributed by atoms with Crippen molar-refractivity contribution in [3.63, 3.8) is 0 Å². The van der Waals surface area contributed by atoms with Gasteiger partial charge in [0.25, 0.3) is 5.56 Å². The first kappa shape index (κ1) is 22.1. The molecule has 1 aliphatic rings. The van der Waals surface area contributed by atoms with Gasteiger partial charge in [-0.2, -0.15) is 0 Å². The summed E-state index contributed by atoms with van der Waals surface area (Å²) in [6.07, 6.45) is -0.170. The minimum absolute atomic E-state index is 0.0439. The van der Waals surface area contributed by atoms with Crippen LogP contribution < -0.4 is 20.9 Å². The Hall–Kier alpha value is -3.11. The predicted molar refractivity (Wildman–Crippen MR) is 124 cm³/mol. The lowest BCUT2D eigenvalue weighted by Gasteiger charge is -2.36. The third kappa shape index (κ3) is 4.56. The highest BCUT2D eigenvalue weighted by atomic mass is 32.1. The summed E-state index contributed by atoms with van der Waals surface area (Å²) in [5.41, 5.74) is 0.898. The Balaban J connectivity index is 1.44. The minimum atomic E-state index is -0.979. The van der Waals surface area contributed by atoms with Gasteiger partial charge in [0.05, 0.1) is 24.4 Å². The number of hydrogen-bond donors (Lipinski definition) is 1. The van der Waals surface area contributed by atoms with E-state index in [-0.39, 0.29) is 25.1 Å². The third-order valence-electron chi connectivity index (χ3n) is 5.87. The zero-order valence-electron chi connectivity index (χ0n) is 17.9. The van der Waals surface area contributed by atoms with E-state index in [4.69, 9.17) is 9.84 Å². The average Bonchev–Trinajstić information content (AvgIpc) is 3.29. The van der Waals surface area contributed by atoms with Crippen molar-refractivity contribution in [2.45, 2.75) is 19.5 Å². The Morgan fingerprint density at radius 1 is 1.00 bits per heavy atom. The second-order valence-electron chi connectivity index (χ2n) is 7.73. The fraction of sp³-hybridized carbons (Fsp3) is 0.409. The SMILES string of the molecule is COc1ccc(N2CCN(CCn3c(=O)c4cscc4n(CCC(=O)O)c3=O)CC2)cc1. The minimum Gasteiger partial charge on any atom is -0.497 e. The Morgan fingerprint density at radius 3 is 2.38 bits per heavy atom. The average molecular weight is 459 g/mol. The maximum atomic E-state index is 13.0. The quantitative estimate of drug-likeness (QED) is 0.547. The highest BCUT2D eigenvalue weighted by Crippen LogP contribution is 2.20. The van der Waals surface area contributed by atoms with E-state index in [9.17, 15) is 14.4 Å². The smallest absolute Gasteiger partial charge is 0.331 e. The number of carboxylic acids is 1. The van der Waals surface area contributed by atoms with Crippen LogP contribution >= 0.6 is 11.3 Å². The molecule has 3 heterocycles. The molecule has 0 spiro atoms. The van der Waals surface area contributed by atoms with Crippen molar-refractivity contribution in [2.75, 3.05) is 44.7 Å². The second-order valence-corrected chi connectivity index (χ2v) is 8.48. The molecule has 1 fully saturated rings. The molecule has 9 nitrogen and oxygen atoms in total. The lowest BCUT2D eigenvalue weighted by atomic mass is 10.2. The first-order valence-electron chi connectivity index (χ1n) is 10.5.